The highest BCUT2D eigenvalue weighted by Gasteiger charge is 2.34. The van der Waals surface area contributed by atoms with Gasteiger partial charge in [0.2, 0.25) is 0 Å². The number of nitrogens with zero attached hydrogens (tertiary/aromatic N) is 2. The molecule has 1 saturated heterocycles. The molecule has 0 atom stereocenters. The van der Waals surface area contributed by atoms with Crippen LogP contribution in [0.5, 0.6) is 0 Å². The molecule has 0 aromatic heterocycles. The Morgan fingerprint density at radius 3 is 2.08 bits per heavy atom. The summed E-state index contributed by atoms with van der Waals surface area (Å²) in [5.74, 6) is 0. The Morgan fingerprint density at radius 1 is 1.08 bits per heavy atom. The molecule has 1 aliphatic rings. The molecular weight excluding hydrogens is 148 g/mol. The van der Waals surface area contributed by atoms with Crippen LogP contribution in [0.25, 0.3) is 0 Å². The molecule has 0 N–H and O–H groups in total. The summed E-state index contributed by atoms with van der Waals surface area (Å²) in [6.07, 6.45) is 2.54. The normalized spacial score (nSPS) is 26.0. The largest absolute Gasteiger partial charge is 0.303 e. The molecule has 2 nitrogen and oxygen atoms in total. The molecule has 1 aliphatic heterocycles. The van der Waals surface area contributed by atoms with Gasteiger partial charge in [0, 0.05) is 25.2 Å². The number of piperazine rings is 1. The lowest BCUT2D eigenvalue weighted by Crippen LogP contribution is -2.59. The van der Waals surface area contributed by atoms with Crippen molar-refractivity contribution in [1.82, 2.24) is 9.80 Å². The van der Waals surface area contributed by atoms with Gasteiger partial charge < -0.3 is 4.90 Å². The minimum absolute atomic E-state index is 0.451. The monoisotopic (exact) mass is 170 g/mol. The topological polar surface area (TPSA) is 6.48 Å². The zero-order valence-corrected chi connectivity index (χ0v) is 8.93. The summed E-state index contributed by atoms with van der Waals surface area (Å²) in [5, 5.41) is 0. The van der Waals surface area contributed by atoms with Crippen molar-refractivity contribution in [2.75, 3.05) is 33.7 Å². The molecule has 72 valence electrons. The smallest absolute Gasteiger partial charge is 0.0328 e. The van der Waals surface area contributed by atoms with Gasteiger partial charge in [-0.15, -0.1) is 0 Å². The minimum Gasteiger partial charge on any atom is -0.303 e. The van der Waals surface area contributed by atoms with Crippen LogP contribution in [-0.2, 0) is 0 Å². The average Bonchev–Trinajstić information content (AvgIpc) is 2.09. The van der Waals surface area contributed by atoms with Gasteiger partial charge in [0.05, 0.1) is 0 Å². The standard InChI is InChI=1S/C10H22N2/c1-5-10(6-2)9-11(3)7-8-12(10)4/h5-9H2,1-4H3. The second-order valence-corrected chi connectivity index (χ2v) is 4.09. The maximum atomic E-state index is 2.53. The number of hydrogen-bond donors (Lipinski definition) is 0. The van der Waals surface area contributed by atoms with Crippen molar-refractivity contribution in [2.45, 2.75) is 32.2 Å². The van der Waals surface area contributed by atoms with Crippen molar-refractivity contribution in [3.8, 4) is 0 Å². The lowest BCUT2D eigenvalue weighted by atomic mass is 9.88. The summed E-state index contributed by atoms with van der Waals surface area (Å²) in [6.45, 7) is 8.28. The predicted molar refractivity (Wildman–Crippen MR) is 53.4 cm³/mol. The van der Waals surface area contributed by atoms with Crippen LogP contribution in [0.2, 0.25) is 0 Å². The summed E-state index contributed by atoms with van der Waals surface area (Å²) >= 11 is 0. The van der Waals surface area contributed by atoms with Crippen LogP contribution in [0.4, 0.5) is 0 Å². The van der Waals surface area contributed by atoms with E-state index in [0.717, 1.165) is 0 Å². The molecule has 1 heterocycles. The maximum Gasteiger partial charge on any atom is 0.0328 e. The Balaban J connectivity index is 2.68. The van der Waals surface area contributed by atoms with E-state index in [2.05, 4.69) is 37.7 Å². The van der Waals surface area contributed by atoms with Crippen molar-refractivity contribution in [3.63, 3.8) is 0 Å². The zero-order valence-electron chi connectivity index (χ0n) is 8.93. The van der Waals surface area contributed by atoms with Gasteiger partial charge in [0.25, 0.3) is 0 Å². The molecule has 0 saturated carbocycles. The van der Waals surface area contributed by atoms with Crippen molar-refractivity contribution in [2.24, 2.45) is 0 Å². The first kappa shape index (κ1) is 10.0. The Bertz CT molecular complexity index is 141. The molecule has 0 unspecified atom stereocenters. The molecule has 0 aliphatic carbocycles. The van der Waals surface area contributed by atoms with Gasteiger partial charge in [-0.3, -0.25) is 4.90 Å². The molecule has 12 heavy (non-hydrogen) atoms. The first-order valence-corrected chi connectivity index (χ1v) is 5.04. The Morgan fingerprint density at radius 2 is 1.67 bits per heavy atom. The zero-order chi connectivity index (χ0) is 9.19. The highest BCUT2D eigenvalue weighted by atomic mass is 15.3. The number of rotatable bonds is 2. The SMILES string of the molecule is CCC1(CC)CN(C)CCN1C. The molecule has 0 amide bonds. The quantitative estimate of drug-likeness (QED) is 0.618. The number of hydrogen-bond acceptors (Lipinski definition) is 2. The van der Waals surface area contributed by atoms with E-state index in [1.807, 2.05) is 0 Å². The summed E-state index contributed by atoms with van der Waals surface area (Å²) in [4.78, 5) is 4.99. The Kier molecular flexibility index (Phi) is 3.13. The highest BCUT2D eigenvalue weighted by molar-refractivity contribution is 4.92. The first-order chi connectivity index (χ1) is 5.64. The Labute approximate surface area is 76.5 Å². The third-order valence-corrected chi connectivity index (χ3v) is 3.51. The molecule has 0 aromatic carbocycles. The van der Waals surface area contributed by atoms with Gasteiger partial charge >= 0.3 is 0 Å². The van der Waals surface area contributed by atoms with Crippen LogP contribution in [0.15, 0.2) is 0 Å². The van der Waals surface area contributed by atoms with E-state index in [9.17, 15) is 0 Å². The molecule has 0 aromatic rings. The van der Waals surface area contributed by atoms with Crippen LogP contribution >= 0.6 is 0 Å². The van der Waals surface area contributed by atoms with Gasteiger partial charge in [-0.2, -0.15) is 0 Å². The third kappa shape index (κ3) is 1.64. The second-order valence-electron chi connectivity index (χ2n) is 4.09. The molecule has 0 spiro atoms. The third-order valence-electron chi connectivity index (χ3n) is 3.51. The van der Waals surface area contributed by atoms with Crippen LogP contribution in [0.1, 0.15) is 26.7 Å². The van der Waals surface area contributed by atoms with Crippen LogP contribution in [-0.4, -0.2) is 49.1 Å². The fourth-order valence-corrected chi connectivity index (χ4v) is 2.27. The molecular formula is C10H22N2. The van der Waals surface area contributed by atoms with Gasteiger partial charge in [-0.1, -0.05) is 13.8 Å². The molecule has 2 heteroatoms. The van der Waals surface area contributed by atoms with Gasteiger partial charge in [0.1, 0.15) is 0 Å². The van der Waals surface area contributed by atoms with Crippen molar-refractivity contribution >= 4 is 0 Å². The molecule has 1 rings (SSSR count). The Hall–Kier alpha value is -0.0800. The fraction of sp³-hybridized carbons (Fsp3) is 1.00. The summed E-state index contributed by atoms with van der Waals surface area (Å²) in [5.41, 5.74) is 0.451. The van der Waals surface area contributed by atoms with Gasteiger partial charge in [0.15, 0.2) is 0 Å². The second kappa shape index (κ2) is 3.75. The average molecular weight is 170 g/mol. The van der Waals surface area contributed by atoms with Crippen LogP contribution in [0, 0.1) is 0 Å². The predicted octanol–water partition coefficient (Wildman–Crippen LogP) is 1.42. The fourth-order valence-electron chi connectivity index (χ4n) is 2.27. The van der Waals surface area contributed by atoms with E-state index in [0.29, 0.717) is 5.54 Å². The highest BCUT2D eigenvalue weighted by Crippen LogP contribution is 2.26. The first-order valence-electron chi connectivity index (χ1n) is 5.04. The van der Waals surface area contributed by atoms with Crippen molar-refractivity contribution in [3.05, 3.63) is 0 Å². The lowest BCUT2D eigenvalue weighted by Gasteiger charge is -2.48. The number of likely N-dealkylation sites (N-methyl/N-ethyl adjacent to an activating group) is 2. The van der Waals surface area contributed by atoms with E-state index in [-0.39, 0.29) is 0 Å². The molecule has 0 radical (unpaired) electrons. The summed E-state index contributed by atoms with van der Waals surface area (Å²) in [7, 11) is 4.49. The van der Waals surface area contributed by atoms with E-state index >= 15 is 0 Å². The van der Waals surface area contributed by atoms with Crippen LogP contribution in [0.3, 0.4) is 0 Å². The van der Waals surface area contributed by atoms with Crippen molar-refractivity contribution < 1.29 is 0 Å². The van der Waals surface area contributed by atoms with E-state index in [4.69, 9.17) is 0 Å². The molecule has 1 fully saturated rings. The molecule has 0 bridgehead atoms. The van der Waals surface area contributed by atoms with Gasteiger partial charge in [-0.25, -0.2) is 0 Å². The summed E-state index contributed by atoms with van der Waals surface area (Å²) < 4.78 is 0. The van der Waals surface area contributed by atoms with E-state index in [1.165, 1.54) is 32.5 Å². The lowest BCUT2D eigenvalue weighted by molar-refractivity contribution is 0.0211. The maximum absolute atomic E-state index is 2.53. The van der Waals surface area contributed by atoms with Crippen molar-refractivity contribution in [1.29, 1.82) is 0 Å². The van der Waals surface area contributed by atoms with E-state index < -0.39 is 0 Å². The van der Waals surface area contributed by atoms with Gasteiger partial charge in [-0.05, 0) is 26.9 Å². The van der Waals surface area contributed by atoms with E-state index in [1.54, 1.807) is 0 Å². The minimum atomic E-state index is 0.451. The van der Waals surface area contributed by atoms with Crippen LogP contribution < -0.4 is 0 Å². The summed E-state index contributed by atoms with van der Waals surface area (Å²) in [6, 6.07) is 0.